The second-order valence-electron chi connectivity index (χ2n) is 20.7. The van der Waals surface area contributed by atoms with E-state index >= 15 is 0 Å². The van der Waals surface area contributed by atoms with E-state index in [1.54, 1.807) is 105 Å². The van der Waals surface area contributed by atoms with Gasteiger partial charge in [0, 0.05) is 49.0 Å². The third kappa shape index (κ3) is 43.4. The van der Waals surface area contributed by atoms with Gasteiger partial charge in [-0.15, -0.1) is 0 Å². The molecule has 19 nitrogen and oxygen atoms in total. The quantitative estimate of drug-likeness (QED) is 0.00850. The van der Waals surface area contributed by atoms with Crippen molar-refractivity contribution in [3.05, 3.63) is 157 Å². The first-order valence-corrected chi connectivity index (χ1v) is 29.8. The SMILES string of the molecule is COC(=O)/C(C)=C/C=C/C=C/CC/C=C/C(C)C(O)C(C)C(O)/C=C/C=C/C=C/C=C/C=C/C=C/CC(OS(=O)(=O)O)C(C)C(=O)CC(O)CC(O)/C=C/CC(O)CC(O)/C=C/CC(O)CC(O)CC(O)/C=C/CC(O)CC(O)CCCN. The van der Waals surface area contributed by atoms with Crippen molar-refractivity contribution < 1.29 is 87.7 Å². The molecule has 0 saturated heterocycles. The van der Waals surface area contributed by atoms with Crippen LogP contribution in [0.25, 0.3) is 0 Å². The summed E-state index contributed by atoms with van der Waals surface area (Å²) >= 11 is 0. The number of ketones is 1. The molecule has 470 valence electrons. The lowest BCUT2D eigenvalue weighted by molar-refractivity contribution is -0.136. The van der Waals surface area contributed by atoms with Crippen LogP contribution in [0.2, 0.25) is 0 Å². The monoisotopic (exact) mass is 1190 g/mol. The standard InChI is InChI=1S/C63H99NO18S/c1-46(28-20-16-12-11-13-17-21-29-47(2)63(77)81-5)62(76)49(4)59(74)37-22-18-14-9-7-6-8-10-15-19-23-38-61(82-83(78,79)80)48(3)60(75)45-58(73)44-55(70)35-26-31-51(66)40-50(65)30-24-33-53(68)42-57(72)43-54(69)34-25-32-52(67)41-56(71)36-27-39-64/h6-11,13-15,17-26,28-30,34-35,37,46,48-59,61-62,65-74,76H,12,16,27,31-33,36,38-45,64H2,1-5H3,(H,78,79,80)/b8-6+,9-7+,13-11+,15-10+,18-14+,21-17+,23-19+,28-20+,30-24+,34-25+,35-26+,37-22+,47-29+. The maximum absolute atomic E-state index is 13.1. The summed E-state index contributed by atoms with van der Waals surface area (Å²) in [5, 5.41) is 114. The number of allylic oxidation sites excluding steroid dienone is 16. The molecule has 0 heterocycles. The number of rotatable bonds is 46. The Morgan fingerprint density at radius 1 is 0.518 bits per heavy atom. The molecule has 0 radical (unpaired) electrons. The van der Waals surface area contributed by atoms with Crippen molar-refractivity contribution in [2.45, 2.75) is 191 Å². The fourth-order valence-electron chi connectivity index (χ4n) is 8.05. The molecule has 15 unspecified atom stereocenters. The van der Waals surface area contributed by atoms with Crippen molar-refractivity contribution in [2.24, 2.45) is 23.5 Å². The Morgan fingerprint density at radius 2 is 0.976 bits per heavy atom. The lowest BCUT2D eigenvalue weighted by atomic mass is 9.88. The van der Waals surface area contributed by atoms with Gasteiger partial charge in [0.25, 0.3) is 0 Å². The van der Waals surface area contributed by atoms with Crippen molar-refractivity contribution >= 4 is 22.2 Å². The second kappa shape index (κ2) is 47.4. The minimum atomic E-state index is -4.95. The molecule has 14 N–H and O–H groups in total. The molecule has 0 rings (SSSR count). The van der Waals surface area contributed by atoms with Crippen LogP contribution >= 0.6 is 0 Å². The summed E-state index contributed by atoms with van der Waals surface area (Å²) in [6.07, 6.45) is 32.2. The number of carbonyl (C=O) groups excluding carboxylic acids is 2. The van der Waals surface area contributed by atoms with E-state index in [1.807, 2.05) is 37.3 Å². The number of aliphatic hydroxyl groups excluding tert-OH is 11. The van der Waals surface area contributed by atoms with Crippen molar-refractivity contribution in [2.75, 3.05) is 13.7 Å². The molecule has 0 bridgehead atoms. The van der Waals surface area contributed by atoms with E-state index in [2.05, 4.69) is 4.74 Å². The fourth-order valence-corrected chi connectivity index (χ4v) is 8.61. The Hall–Kier alpha value is -4.85. The van der Waals surface area contributed by atoms with E-state index < -0.39 is 108 Å². The lowest BCUT2D eigenvalue weighted by Crippen LogP contribution is -2.32. The number of ether oxygens (including phenoxy) is 1. The molecule has 0 amide bonds. The number of Topliss-reactive ketones (excluding diaryl/α,β-unsaturated/α-hetero) is 1. The zero-order valence-electron chi connectivity index (χ0n) is 49.0. The highest BCUT2D eigenvalue weighted by molar-refractivity contribution is 7.80. The molecule has 0 spiro atoms. The number of hydrogen-bond acceptors (Lipinski definition) is 18. The Balaban J connectivity index is 4.81. The first kappa shape index (κ1) is 78.1. The summed E-state index contributed by atoms with van der Waals surface area (Å²) in [4.78, 5) is 24.4. The van der Waals surface area contributed by atoms with E-state index in [4.69, 9.17) is 9.92 Å². The zero-order chi connectivity index (χ0) is 62.6. The first-order chi connectivity index (χ1) is 39.3. The van der Waals surface area contributed by atoms with Crippen LogP contribution in [0.1, 0.15) is 118 Å². The van der Waals surface area contributed by atoms with Gasteiger partial charge in [0.05, 0.1) is 80.4 Å². The van der Waals surface area contributed by atoms with E-state index in [0.717, 1.165) is 12.8 Å². The molecule has 0 aliphatic heterocycles. The topological polar surface area (TPSA) is 356 Å². The summed E-state index contributed by atoms with van der Waals surface area (Å²) in [5.74, 6) is -2.62. The van der Waals surface area contributed by atoms with E-state index in [9.17, 15) is 78.7 Å². The van der Waals surface area contributed by atoms with Gasteiger partial charge in [-0.25, -0.2) is 8.98 Å². The molecule has 0 fully saturated rings. The Kier molecular flexibility index (Phi) is 44.6. The Morgan fingerprint density at radius 3 is 1.51 bits per heavy atom. The largest absolute Gasteiger partial charge is 0.466 e. The first-order valence-electron chi connectivity index (χ1n) is 28.4. The van der Waals surface area contributed by atoms with Crippen LogP contribution in [0.4, 0.5) is 0 Å². The predicted molar refractivity (Wildman–Crippen MR) is 324 cm³/mol. The number of esters is 1. The second-order valence-corrected chi connectivity index (χ2v) is 21.7. The average molecular weight is 1190 g/mol. The highest BCUT2D eigenvalue weighted by atomic mass is 32.3. The number of unbranched alkanes of at least 4 members (excludes halogenated alkanes) is 1. The van der Waals surface area contributed by atoms with Gasteiger partial charge < -0.3 is 66.6 Å². The van der Waals surface area contributed by atoms with Crippen LogP contribution < -0.4 is 5.73 Å². The van der Waals surface area contributed by atoms with Crippen molar-refractivity contribution in [1.29, 1.82) is 0 Å². The maximum atomic E-state index is 13.1. The van der Waals surface area contributed by atoms with Crippen molar-refractivity contribution in [1.82, 2.24) is 0 Å². The number of carbonyl (C=O) groups is 2. The minimum absolute atomic E-state index is 0.0283. The third-order valence-corrected chi connectivity index (χ3v) is 13.5. The highest BCUT2D eigenvalue weighted by Crippen LogP contribution is 2.21. The third-order valence-electron chi connectivity index (χ3n) is 13.0. The molecule has 0 aromatic heterocycles. The summed E-state index contributed by atoms with van der Waals surface area (Å²) in [5.41, 5.74) is 5.93. The molecule has 83 heavy (non-hydrogen) atoms. The van der Waals surface area contributed by atoms with Gasteiger partial charge in [-0.1, -0.05) is 173 Å². The van der Waals surface area contributed by atoms with Gasteiger partial charge in [-0.05, 0) is 77.7 Å². The van der Waals surface area contributed by atoms with Crippen LogP contribution in [0.3, 0.4) is 0 Å². The molecule has 0 saturated carbocycles. The van der Waals surface area contributed by atoms with Gasteiger partial charge in [-0.3, -0.25) is 9.35 Å². The van der Waals surface area contributed by atoms with E-state index in [1.165, 1.54) is 44.4 Å². The summed E-state index contributed by atoms with van der Waals surface area (Å²) in [6.45, 7) is 7.20. The average Bonchev–Trinajstić information content (AvgIpc) is 3.42. The number of methoxy groups -OCH3 is 1. The lowest BCUT2D eigenvalue weighted by Gasteiger charge is -2.25. The van der Waals surface area contributed by atoms with Gasteiger partial charge >= 0.3 is 16.4 Å². The maximum Gasteiger partial charge on any atom is 0.397 e. The molecular formula is C63H99NO18S. The Labute approximate surface area is 493 Å². The molecule has 0 aromatic carbocycles. The smallest absolute Gasteiger partial charge is 0.397 e. The molecule has 0 aliphatic rings. The molecular weight excluding hydrogens is 1090 g/mol. The molecule has 20 heteroatoms. The van der Waals surface area contributed by atoms with Crippen LogP contribution in [0.15, 0.2) is 157 Å². The molecule has 0 aromatic rings. The van der Waals surface area contributed by atoms with Crippen LogP contribution in [-0.4, -0.2) is 168 Å². The predicted octanol–water partition coefficient (Wildman–Crippen LogP) is 5.84. The summed E-state index contributed by atoms with van der Waals surface area (Å²) in [6, 6.07) is 0. The minimum Gasteiger partial charge on any atom is -0.466 e. The van der Waals surface area contributed by atoms with Gasteiger partial charge in [-0.2, -0.15) is 8.42 Å². The van der Waals surface area contributed by atoms with Gasteiger partial charge in [0.15, 0.2) is 0 Å². The van der Waals surface area contributed by atoms with Gasteiger partial charge in [0.1, 0.15) is 5.78 Å². The highest BCUT2D eigenvalue weighted by Gasteiger charge is 2.30. The zero-order valence-corrected chi connectivity index (χ0v) is 49.8. The summed E-state index contributed by atoms with van der Waals surface area (Å²) in [7, 11) is -3.61. The van der Waals surface area contributed by atoms with Gasteiger partial charge in [0.2, 0.25) is 0 Å². The number of aliphatic hydroxyl groups is 11. The number of nitrogens with two attached hydrogens (primary N) is 1. The normalized spacial score (nSPS) is 19.2. The van der Waals surface area contributed by atoms with Crippen LogP contribution in [-0.2, 0) is 28.9 Å². The Bertz CT molecular complexity index is 2280. The molecule has 0 aliphatic carbocycles. The fraction of sp³-hybridized carbons (Fsp3) is 0.556. The molecule has 15 atom stereocenters. The van der Waals surface area contributed by atoms with E-state index in [-0.39, 0.29) is 69.7 Å². The van der Waals surface area contributed by atoms with Crippen LogP contribution in [0, 0.1) is 17.8 Å². The summed E-state index contributed by atoms with van der Waals surface area (Å²) < 4.78 is 42.1. The van der Waals surface area contributed by atoms with Crippen LogP contribution in [0.5, 0.6) is 0 Å². The van der Waals surface area contributed by atoms with Crippen molar-refractivity contribution in [3.63, 3.8) is 0 Å². The number of hydrogen-bond donors (Lipinski definition) is 13. The van der Waals surface area contributed by atoms with E-state index in [0.29, 0.717) is 25.0 Å². The van der Waals surface area contributed by atoms with Crippen molar-refractivity contribution in [3.8, 4) is 0 Å².